The Kier molecular flexibility index (Phi) is 2.88. The molecule has 1 fully saturated rings. The topological polar surface area (TPSA) is 38.3 Å². The zero-order valence-electron chi connectivity index (χ0n) is 7.09. The molecule has 0 aromatic rings. The van der Waals surface area contributed by atoms with Crippen LogP contribution in [0.2, 0.25) is 0 Å². The normalized spacial score (nSPS) is 30.4. The average molecular weight is 157 g/mol. The van der Waals surface area contributed by atoms with E-state index < -0.39 is 0 Å². The van der Waals surface area contributed by atoms with Crippen molar-refractivity contribution in [3.8, 4) is 0 Å². The summed E-state index contributed by atoms with van der Waals surface area (Å²) in [5.41, 5.74) is 0. The van der Waals surface area contributed by atoms with Gasteiger partial charge in [-0.1, -0.05) is 6.92 Å². The van der Waals surface area contributed by atoms with Crippen molar-refractivity contribution in [3.63, 3.8) is 0 Å². The largest absolute Gasteiger partial charge is 0.465 e. The number of hydrogen-bond acceptors (Lipinski definition) is 3. The van der Waals surface area contributed by atoms with Crippen molar-refractivity contribution in [2.75, 3.05) is 13.2 Å². The zero-order valence-corrected chi connectivity index (χ0v) is 7.09. The zero-order chi connectivity index (χ0) is 8.27. The van der Waals surface area contributed by atoms with Gasteiger partial charge in [0.05, 0.1) is 6.61 Å². The quantitative estimate of drug-likeness (QED) is 0.595. The Morgan fingerprint density at radius 2 is 2.45 bits per heavy atom. The molecule has 0 aromatic carbocycles. The predicted octanol–water partition coefficient (Wildman–Crippen LogP) is 0.547. The molecule has 0 aromatic heterocycles. The van der Waals surface area contributed by atoms with Crippen LogP contribution < -0.4 is 5.32 Å². The van der Waals surface area contributed by atoms with Crippen molar-refractivity contribution < 1.29 is 9.53 Å². The van der Waals surface area contributed by atoms with Crippen LogP contribution >= 0.6 is 0 Å². The number of carbonyl (C=O) groups excluding carboxylic acids is 1. The molecule has 1 unspecified atom stereocenters. The van der Waals surface area contributed by atoms with Crippen LogP contribution in [0.4, 0.5) is 0 Å². The Balaban J connectivity index is 2.31. The van der Waals surface area contributed by atoms with Crippen LogP contribution in [-0.4, -0.2) is 25.2 Å². The first-order chi connectivity index (χ1) is 5.24. The van der Waals surface area contributed by atoms with Crippen molar-refractivity contribution in [2.45, 2.75) is 26.3 Å². The minimum atomic E-state index is -0.100. The van der Waals surface area contributed by atoms with E-state index in [1.54, 1.807) is 0 Å². The van der Waals surface area contributed by atoms with Crippen LogP contribution in [0.15, 0.2) is 0 Å². The van der Waals surface area contributed by atoms with E-state index in [0.717, 1.165) is 13.0 Å². The number of carbonyl (C=O) groups is 1. The van der Waals surface area contributed by atoms with Gasteiger partial charge in [0.2, 0.25) is 0 Å². The molecule has 3 nitrogen and oxygen atoms in total. The van der Waals surface area contributed by atoms with Gasteiger partial charge in [0, 0.05) is 0 Å². The maximum atomic E-state index is 11.1. The van der Waals surface area contributed by atoms with Crippen molar-refractivity contribution >= 4 is 5.97 Å². The summed E-state index contributed by atoms with van der Waals surface area (Å²) in [5.74, 6) is 0.501. The van der Waals surface area contributed by atoms with E-state index in [9.17, 15) is 4.79 Å². The van der Waals surface area contributed by atoms with Crippen LogP contribution in [0.1, 0.15) is 20.3 Å². The molecule has 0 bridgehead atoms. The van der Waals surface area contributed by atoms with Gasteiger partial charge in [0.15, 0.2) is 0 Å². The molecule has 1 heterocycles. The SMILES string of the molecule is CCOC(=O)C1C[C@H](C)CN1. The molecule has 0 spiro atoms. The van der Waals surface area contributed by atoms with Crippen molar-refractivity contribution in [1.82, 2.24) is 5.32 Å². The van der Waals surface area contributed by atoms with Gasteiger partial charge in [-0.25, -0.2) is 0 Å². The second kappa shape index (κ2) is 3.72. The van der Waals surface area contributed by atoms with Crippen molar-refractivity contribution in [3.05, 3.63) is 0 Å². The molecular weight excluding hydrogens is 142 g/mol. The van der Waals surface area contributed by atoms with Gasteiger partial charge in [-0.3, -0.25) is 4.79 Å². The fourth-order valence-electron chi connectivity index (χ4n) is 1.33. The number of rotatable bonds is 2. The molecule has 3 heteroatoms. The number of nitrogens with one attached hydrogen (secondary N) is 1. The molecule has 0 amide bonds. The molecule has 1 aliphatic heterocycles. The molecule has 0 radical (unpaired) electrons. The summed E-state index contributed by atoms with van der Waals surface area (Å²) in [6.07, 6.45) is 0.916. The van der Waals surface area contributed by atoms with E-state index in [0.29, 0.717) is 12.5 Å². The summed E-state index contributed by atoms with van der Waals surface area (Å²) in [7, 11) is 0. The Labute approximate surface area is 67.1 Å². The standard InChI is InChI=1S/C8H15NO2/c1-3-11-8(10)7-4-6(2)5-9-7/h6-7,9H,3-5H2,1-2H3/t6-,7?/m0/s1. The van der Waals surface area contributed by atoms with E-state index in [1.165, 1.54) is 0 Å². The Bertz CT molecular complexity index is 147. The first kappa shape index (κ1) is 8.53. The summed E-state index contributed by atoms with van der Waals surface area (Å²) in [4.78, 5) is 11.1. The van der Waals surface area contributed by atoms with Crippen molar-refractivity contribution in [1.29, 1.82) is 0 Å². The number of esters is 1. The molecule has 1 saturated heterocycles. The molecule has 11 heavy (non-hydrogen) atoms. The van der Waals surface area contributed by atoms with Crippen LogP contribution in [-0.2, 0) is 9.53 Å². The lowest BCUT2D eigenvalue weighted by molar-refractivity contribution is -0.145. The number of hydrogen-bond donors (Lipinski definition) is 1. The molecule has 0 aliphatic carbocycles. The summed E-state index contributed by atoms with van der Waals surface area (Å²) in [5, 5.41) is 3.12. The molecule has 0 saturated carbocycles. The smallest absolute Gasteiger partial charge is 0.323 e. The molecule has 1 aliphatic rings. The first-order valence-electron chi connectivity index (χ1n) is 4.14. The third kappa shape index (κ3) is 2.19. The predicted molar refractivity (Wildman–Crippen MR) is 42.2 cm³/mol. The van der Waals surface area contributed by atoms with Crippen molar-refractivity contribution in [2.24, 2.45) is 5.92 Å². The van der Waals surface area contributed by atoms with E-state index in [4.69, 9.17) is 4.74 Å². The number of ether oxygens (including phenoxy) is 1. The van der Waals surface area contributed by atoms with E-state index in [2.05, 4.69) is 12.2 Å². The first-order valence-corrected chi connectivity index (χ1v) is 4.14. The average Bonchev–Trinajstić information content (AvgIpc) is 2.36. The lowest BCUT2D eigenvalue weighted by atomic mass is 10.1. The minimum absolute atomic E-state index is 0.0510. The van der Waals surface area contributed by atoms with Gasteiger partial charge in [-0.05, 0) is 25.8 Å². The van der Waals surface area contributed by atoms with Gasteiger partial charge in [-0.2, -0.15) is 0 Å². The summed E-state index contributed by atoms with van der Waals surface area (Å²) >= 11 is 0. The third-order valence-corrected chi connectivity index (χ3v) is 1.92. The Morgan fingerprint density at radius 3 is 2.91 bits per heavy atom. The highest BCUT2D eigenvalue weighted by Gasteiger charge is 2.27. The Hall–Kier alpha value is -0.570. The molecule has 1 N–H and O–H groups in total. The van der Waals surface area contributed by atoms with E-state index in [-0.39, 0.29) is 12.0 Å². The molecule has 64 valence electrons. The van der Waals surface area contributed by atoms with Gasteiger partial charge < -0.3 is 10.1 Å². The minimum Gasteiger partial charge on any atom is -0.465 e. The third-order valence-electron chi connectivity index (χ3n) is 1.92. The van der Waals surface area contributed by atoms with Crippen LogP contribution in [0, 0.1) is 5.92 Å². The summed E-state index contributed by atoms with van der Waals surface area (Å²) in [6.45, 7) is 5.37. The van der Waals surface area contributed by atoms with Crippen LogP contribution in [0.3, 0.4) is 0 Å². The monoisotopic (exact) mass is 157 g/mol. The van der Waals surface area contributed by atoms with Crippen LogP contribution in [0.25, 0.3) is 0 Å². The molecular formula is C8H15NO2. The Morgan fingerprint density at radius 1 is 1.73 bits per heavy atom. The fourth-order valence-corrected chi connectivity index (χ4v) is 1.33. The van der Waals surface area contributed by atoms with Crippen LogP contribution in [0.5, 0.6) is 0 Å². The van der Waals surface area contributed by atoms with Gasteiger partial charge in [-0.15, -0.1) is 0 Å². The fraction of sp³-hybridized carbons (Fsp3) is 0.875. The second-order valence-electron chi connectivity index (χ2n) is 3.05. The lowest BCUT2D eigenvalue weighted by Crippen LogP contribution is -2.32. The summed E-state index contributed by atoms with van der Waals surface area (Å²) < 4.78 is 4.87. The highest BCUT2D eigenvalue weighted by atomic mass is 16.5. The molecule has 2 atom stereocenters. The maximum Gasteiger partial charge on any atom is 0.323 e. The van der Waals surface area contributed by atoms with Gasteiger partial charge in [0.1, 0.15) is 6.04 Å². The summed E-state index contributed by atoms with van der Waals surface area (Å²) in [6, 6.07) is -0.0510. The highest BCUT2D eigenvalue weighted by molar-refractivity contribution is 5.76. The maximum absolute atomic E-state index is 11.1. The van der Waals surface area contributed by atoms with Gasteiger partial charge in [0.25, 0.3) is 0 Å². The van der Waals surface area contributed by atoms with E-state index in [1.807, 2.05) is 6.92 Å². The molecule has 1 rings (SSSR count). The second-order valence-corrected chi connectivity index (χ2v) is 3.05. The van der Waals surface area contributed by atoms with Gasteiger partial charge >= 0.3 is 5.97 Å². The lowest BCUT2D eigenvalue weighted by Gasteiger charge is -2.07. The highest BCUT2D eigenvalue weighted by Crippen LogP contribution is 2.13. The van der Waals surface area contributed by atoms with E-state index >= 15 is 0 Å².